The maximum atomic E-state index is 6.06. The molecule has 0 amide bonds. The van der Waals surface area contributed by atoms with Crippen molar-refractivity contribution in [3.05, 3.63) is 47.0 Å². The summed E-state index contributed by atoms with van der Waals surface area (Å²) in [7, 11) is 0. The van der Waals surface area contributed by atoms with Crippen LogP contribution in [0.1, 0.15) is 29.3 Å². The Morgan fingerprint density at radius 1 is 1.11 bits per heavy atom. The Morgan fingerprint density at radius 3 is 2.67 bits per heavy atom. The lowest BCUT2D eigenvalue weighted by Crippen LogP contribution is -2.31. The lowest BCUT2D eigenvalue weighted by Gasteiger charge is -2.25. The van der Waals surface area contributed by atoms with Gasteiger partial charge in [-0.15, -0.1) is 0 Å². The number of aromatic nitrogens is 2. The number of nitrogens with one attached hydrogen (secondary N) is 1. The van der Waals surface area contributed by atoms with Crippen LogP contribution in [-0.2, 0) is 0 Å². The number of aryl methyl sites for hydroxylation is 2. The summed E-state index contributed by atoms with van der Waals surface area (Å²) in [6, 6.07) is 10.3. The van der Waals surface area contributed by atoms with Crippen LogP contribution in [-0.4, -0.2) is 28.7 Å². The molecule has 0 saturated carbocycles. The SMILES string of the molecule is Cc1ccc([C@@H]2N=C(N)Nc3nc4cc5c(cc4n32)OCCCO5)c(C)c1. The first-order valence-corrected chi connectivity index (χ1v) is 9.09. The first-order valence-electron chi connectivity index (χ1n) is 9.09. The molecule has 0 spiro atoms. The molecule has 0 unspecified atom stereocenters. The van der Waals surface area contributed by atoms with Gasteiger partial charge in [-0.2, -0.15) is 0 Å². The fourth-order valence-corrected chi connectivity index (χ4v) is 3.75. The molecule has 138 valence electrons. The number of benzene rings is 2. The zero-order valence-electron chi connectivity index (χ0n) is 15.3. The number of hydrogen-bond acceptors (Lipinski definition) is 6. The number of imidazole rings is 1. The Balaban J connectivity index is 1.72. The van der Waals surface area contributed by atoms with Crippen molar-refractivity contribution in [3.8, 4) is 11.5 Å². The van der Waals surface area contributed by atoms with Gasteiger partial charge in [0.05, 0.1) is 24.2 Å². The van der Waals surface area contributed by atoms with Gasteiger partial charge in [-0.1, -0.05) is 23.8 Å². The van der Waals surface area contributed by atoms with Gasteiger partial charge in [0.25, 0.3) is 0 Å². The first kappa shape index (κ1) is 16.0. The number of aliphatic imine (C=N–C) groups is 1. The highest BCUT2D eigenvalue weighted by Crippen LogP contribution is 2.39. The first-order chi connectivity index (χ1) is 13.1. The molecule has 7 nitrogen and oxygen atoms in total. The molecule has 3 N–H and O–H groups in total. The van der Waals surface area contributed by atoms with Crippen molar-refractivity contribution in [3.63, 3.8) is 0 Å². The van der Waals surface area contributed by atoms with E-state index < -0.39 is 0 Å². The maximum absolute atomic E-state index is 6.06. The number of nitrogens with zero attached hydrogens (tertiary/aromatic N) is 3. The second-order valence-electron chi connectivity index (χ2n) is 7.02. The number of nitrogens with two attached hydrogens (primary N) is 1. The largest absolute Gasteiger partial charge is 0.489 e. The van der Waals surface area contributed by atoms with Crippen LogP contribution in [0.5, 0.6) is 11.5 Å². The summed E-state index contributed by atoms with van der Waals surface area (Å²) in [5.41, 5.74) is 11.3. The highest BCUT2D eigenvalue weighted by Gasteiger charge is 2.27. The van der Waals surface area contributed by atoms with Gasteiger partial charge in [-0.05, 0) is 25.0 Å². The van der Waals surface area contributed by atoms with Crippen LogP contribution >= 0.6 is 0 Å². The number of ether oxygens (including phenoxy) is 2. The standard InChI is InChI=1S/C20H21N5O2/c1-11-4-5-13(12(2)8-11)18-23-19(21)24-20-22-14-9-16-17(10-15(14)25(18)20)27-7-3-6-26-16/h4-5,8-10,18H,3,6-7H2,1-2H3,(H3,21,22,23,24)/t18-/m1/s1. The topological polar surface area (TPSA) is 86.7 Å². The predicted molar refractivity (Wildman–Crippen MR) is 105 cm³/mol. The van der Waals surface area contributed by atoms with E-state index in [0.29, 0.717) is 25.1 Å². The van der Waals surface area contributed by atoms with Crippen molar-refractivity contribution in [2.24, 2.45) is 10.7 Å². The average Bonchev–Trinajstić information content (AvgIpc) is 2.81. The Hall–Kier alpha value is -3.22. The summed E-state index contributed by atoms with van der Waals surface area (Å²) in [6.45, 7) is 5.47. The number of fused-ring (bicyclic) bond motifs is 4. The van der Waals surface area contributed by atoms with Crippen molar-refractivity contribution in [1.29, 1.82) is 0 Å². The Bertz CT molecular complexity index is 1090. The Labute approximate surface area is 156 Å². The minimum atomic E-state index is -0.281. The molecule has 1 atom stereocenters. The van der Waals surface area contributed by atoms with Crippen molar-refractivity contribution in [2.45, 2.75) is 26.4 Å². The van der Waals surface area contributed by atoms with Crippen LogP contribution in [0.15, 0.2) is 35.3 Å². The van der Waals surface area contributed by atoms with E-state index in [0.717, 1.165) is 34.5 Å². The molecule has 0 radical (unpaired) electrons. The van der Waals surface area contributed by atoms with Crippen molar-refractivity contribution >= 4 is 22.9 Å². The highest BCUT2D eigenvalue weighted by atomic mass is 16.5. The van der Waals surface area contributed by atoms with E-state index in [1.807, 2.05) is 12.1 Å². The van der Waals surface area contributed by atoms with Gasteiger partial charge in [0.15, 0.2) is 23.6 Å². The average molecular weight is 363 g/mol. The summed E-state index contributed by atoms with van der Waals surface area (Å²) in [5, 5.41) is 3.08. The quantitative estimate of drug-likeness (QED) is 0.694. The van der Waals surface area contributed by atoms with Crippen LogP contribution < -0.4 is 20.5 Å². The second kappa shape index (κ2) is 5.90. The molecule has 3 aromatic rings. The molecule has 2 aliphatic heterocycles. The van der Waals surface area contributed by atoms with Gasteiger partial charge >= 0.3 is 0 Å². The molecule has 2 aromatic carbocycles. The zero-order valence-corrected chi connectivity index (χ0v) is 15.3. The molecule has 1 aromatic heterocycles. The minimum Gasteiger partial charge on any atom is -0.489 e. The Kier molecular flexibility index (Phi) is 3.50. The van der Waals surface area contributed by atoms with Gasteiger partial charge in [-0.3, -0.25) is 9.88 Å². The van der Waals surface area contributed by atoms with Crippen LogP contribution in [0.25, 0.3) is 11.0 Å². The summed E-state index contributed by atoms with van der Waals surface area (Å²) in [4.78, 5) is 9.39. The fraction of sp³-hybridized carbons (Fsp3) is 0.300. The van der Waals surface area contributed by atoms with Gasteiger partial charge in [0.2, 0.25) is 5.95 Å². The van der Waals surface area contributed by atoms with Crippen molar-refractivity contribution in [2.75, 3.05) is 18.5 Å². The maximum Gasteiger partial charge on any atom is 0.212 e. The van der Waals surface area contributed by atoms with Crippen LogP contribution in [0.4, 0.5) is 5.95 Å². The van der Waals surface area contributed by atoms with Gasteiger partial charge < -0.3 is 15.2 Å². The van der Waals surface area contributed by atoms with E-state index in [9.17, 15) is 0 Å². The molecule has 27 heavy (non-hydrogen) atoms. The number of guanidine groups is 1. The highest BCUT2D eigenvalue weighted by molar-refractivity contribution is 5.95. The van der Waals surface area contributed by atoms with Gasteiger partial charge in [-0.25, -0.2) is 9.98 Å². The molecule has 0 aliphatic carbocycles. The van der Waals surface area contributed by atoms with Crippen LogP contribution in [0.3, 0.4) is 0 Å². The summed E-state index contributed by atoms with van der Waals surface area (Å²) in [5.74, 6) is 2.50. The smallest absolute Gasteiger partial charge is 0.212 e. The molecule has 2 aliphatic rings. The third-order valence-electron chi connectivity index (χ3n) is 5.01. The predicted octanol–water partition coefficient (Wildman–Crippen LogP) is 3.10. The zero-order chi connectivity index (χ0) is 18.5. The molecule has 0 saturated heterocycles. The summed E-state index contributed by atoms with van der Waals surface area (Å²) in [6.07, 6.45) is 0.585. The van der Waals surface area contributed by atoms with E-state index in [4.69, 9.17) is 20.2 Å². The third kappa shape index (κ3) is 2.58. The van der Waals surface area contributed by atoms with E-state index in [-0.39, 0.29) is 6.17 Å². The lowest BCUT2D eigenvalue weighted by molar-refractivity contribution is 0.297. The minimum absolute atomic E-state index is 0.281. The number of hydrogen-bond donors (Lipinski definition) is 2. The molecule has 0 fully saturated rings. The number of anilines is 1. The molecule has 7 heteroatoms. The van der Waals surface area contributed by atoms with E-state index in [1.165, 1.54) is 11.1 Å². The normalized spacial score (nSPS) is 18.4. The third-order valence-corrected chi connectivity index (χ3v) is 5.01. The van der Waals surface area contributed by atoms with E-state index >= 15 is 0 Å². The second-order valence-corrected chi connectivity index (χ2v) is 7.02. The Morgan fingerprint density at radius 2 is 1.89 bits per heavy atom. The van der Waals surface area contributed by atoms with Crippen molar-refractivity contribution in [1.82, 2.24) is 9.55 Å². The molecule has 5 rings (SSSR count). The van der Waals surface area contributed by atoms with Crippen LogP contribution in [0, 0.1) is 13.8 Å². The fourth-order valence-electron chi connectivity index (χ4n) is 3.75. The molecule has 3 heterocycles. The summed E-state index contributed by atoms with van der Waals surface area (Å²) >= 11 is 0. The van der Waals surface area contributed by atoms with Gasteiger partial charge in [0.1, 0.15) is 0 Å². The van der Waals surface area contributed by atoms with Crippen molar-refractivity contribution < 1.29 is 9.47 Å². The van der Waals surface area contributed by atoms with Crippen LogP contribution in [0.2, 0.25) is 0 Å². The number of rotatable bonds is 1. The molecule has 0 bridgehead atoms. The monoisotopic (exact) mass is 363 g/mol. The van der Waals surface area contributed by atoms with E-state index in [1.54, 1.807) is 0 Å². The molecular formula is C20H21N5O2. The summed E-state index contributed by atoms with van der Waals surface area (Å²) < 4.78 is 13.7. The molecular weight excluding hydrogens is 342 g/mol. The van der Waals surface area contributed by atoms with Gasteiger partial charge in [0, 0.05) is 18.6 Å². The lowest BCUT2D eigenvalue weighted by atomic mass is 10.0. The van der Waals surface area contributed by atoms with E-state index in [2.05, 4.69) is 46.9 Å².